The fourth-order valence-corrected chi connectivity index (χ4v) is 3.72. The molecule has 0 saturated carbocycles. The molecule has 0 saturated heterocycles. The summed E-state index contributed by atoms with van der Waals surface area (Å²) in [5.74, 6) is 0.397. The first-order valence-corrected chi connectivity index (χ1v) is 8.83. The Labute approximate surface area is 140 Å². The number of ether oxygens (including phenoxy) is 1. The van der Waals surface area contributed by atoms with Gasteiger partial charge in [-0.1, -0.05) is 41.9 Å². The van der Waals surface area contributed by atoms with E-state index in [0.29, 0.717) is 12.2 Å². The predicted molar refractivity (Wildman–Crippen MR) is 89.3 cm³/mol. The van der Waals surface area contributed by atoms with Crippen molar-refractivity contribution >= 4 is 21.6 Å². The molecule has 2 N–H and O–H groups in total. The summed E-state index contributed by atoms with van der Waals surface area (Å²) in [5.41, 5.74) is 0.932. The molecule has 0 aliphatic carbocycles. The van der Waals surface area contributed by atoms with Crippen LogP contribution in [-0.4, -0.2) is 33.3 Å². The molecule has 0 radical (unpaired) electrons. The number of hydrogen-bond donors (Lipinski definition) is 2. The quantitative estimate of drug-likeness (QED) is 0.798. The highest BCUT2D eigenvalue weighted by Crippen LogP contribution is 2.27. The van der Waals surface area contributed by atoms with Crippen molar-refractivity contribution in [3.8, 4) is 5.75 Å². The molecular weight excluding hydrogens is 338 g/mol. The molecule has 1 unspecified atom stereocenters. The standard InChI is InChI=1S/C16H18ClNO4S/c1-22-16-8-7-14(10-15(16)17)23(20,21)18-13(11-19)9-12-5-3-2-4-6-12/h2-8,10,13,18-19H,9,11H2,1H3. The third kappa shape index (κ3) is 4.68. The summed E-state index contributed by atoms with van der Waals surface area (Å²) in [4.78, 5) is 0.0230. The molecule has 2 aromatic carbocycles. The Balaban J connectivity index is 2.17. The molecule has 0 spiro atoms. The maximum Gasteiger partial charge on any atom is 0.240 e. The third-order valence-corrected chi connectivity index (χ3v) is 5.11. The number of rotatable bonds is 7. The van der Waals surface area contributed by atoms with Gasteiger partial charge in [-0.15, -0.1) is 0 Å². The van der Waals surface area contributed by atoms with Gasteiger partial charge in [-0.25, -0.2) is 13.1 Å². The van der Waals surface area contributed by atoms with Crippen molar-refractivity contribution in [2.75, 3.05) is 13.7 Å². The lowest BCUT2D eigenvalue weighted by Gasteiger charge is -2.17. The van der Waals surface area contributed by atoms with Gasteiger partial charge in [0.15, 0.2) is 0 Å². The van der Waals surface area contributed by atoms with Gasteiger partial charge < -0.3 is 9.84 Å². The molecular formula is C16H18ClNO4S. The van der Waals surface area contributed by atoms with Crippen LogP contribution in [0.2, 0.25) is 5.02 Å². The fraction of sp³-hybridized carbons (Fsp3) is 0.250. The van der Waals surface area contributed by atoms with Gasteiger partial charge in [-0.2, -0.15) is 0 Å². The zero-order valence-corrected chi connectivity index (χ0v) is 14.1. The van der Waals surface area contributed by atoms with E-state index in [9.17, 15) is 13.5 Å². The van der Waals surface area contributed by atoms with Crippen molar-refractivity contribution < 1.29 is 18.3 Å². The Bertz CT molecular complexity index is 750. The second kappa shape index (κ2) is 7.79. The summed E-state index contributed by atoms with van der Waals surface area (Å²) in [6.45, 7) is -0.308. The SMILES string of the molecule is COc1ccc(S(=O)(=O)NC(CO)Cc2ccccc2)cc1Cl. The van der Waals surface area contributed by atoms with Gasteiger partial charge in [0.1, 0.15) is 5.75 Å². The molecule has 0 fully saturated rings. The second-order valence-electron chi connectivity index (χ2n) is 4.99. The van der Waals surface area contributed by atoms with Crippen molar-refractivity contribution in [3.63, 3.8) is 0 Å². The van der Waals surface area contributed by atoms with Crippen LogP contribution in [0.5, 0.6) is 5.75 Å². The number of halogens is 1. The highest BCUT2D eigenvalue weighted by atomic mass is 35.5. The summed E-state index contributed by atoms with van der Waals surface area (Å²) in [6, 6.07) is 12.9. The number of hydrogen-bond acceptors (Lipinski definition) is 4. The summed E-state index contributed by atoms with van der Waals surface area (Å²) in [7, 11) is -2.34. The van der Waals surface area contributed by atoms with Crippen molar-refractivity contribution in [3.05, 3.63) is 59.1 Å². The highest BCUT2D eigenvalue weighted by Gasteiger charge is 2.21. The first-order valence-electron chi connectivity index (χ1n) is 6.97. The number of aliphatic hydroxyl groups is 1. The Hall–Kier alpha value is -1.60. The molecule has 0 aromatic heterocycles. The van der Waals surface area contributed by atoms with Crippen LogP contribution < -0.4 is 9.46 Å². The van der Waals surface area contributed by atoms with E-state index in [4.69, 9.17) is 16.3 Å². The van der Waals surface area contributed by atoms with E-state index in [1.807, 2.05) is 30.3 Å². The molecule has 2 rings (SSSR count). The summed E-state index contributed by atoms with van der Waals surface area (Å²) < 4.78 is 32.3. The van der Waals surface area contributed by atoms with Crippen molar-refractivity contribution in [2.24, 2.45) is 0 Å². The van der Waals surface area contributed by atoms with E-state index in [2.05, 4.69) is 4.72 Å². The molecule has 7 heteroatoms. The Morgan fingerprint density at radius 1 is 1.22 bits per heavy atom. The van der Waals surface area contributed by atoms with Gasteiger partial charge in [0, 0.05) is 6.04 Å². The maximum absolute atomic E-state index is 12.4. The van der Waals surface area contributed by atoms with Gasteiger partial charge in [0.25, 0.3) is 0 Å². The van der Waals surface area contributed by atoms with Crippen LogP contribution in [-0.2, 0) is 16.4 Å². The van der Waals surface area contributed by atoms with E-state index in [-0.39, 0.29) is 16.5 Å². The molecule has 1 atom stereocenters. The zero-order chi connectivity index (χ0) is 16.9. The predicted octanol–water partition coefficient (Wildman–Crippen LogP) is 2.23. The first-order chi connectivity index (χ1) is 11.0. The van der Waals surface area contributed by atoms with E-state index >= 15 is 0 Å². The van der Waals surface area contributed by atoms with Gasteiger partial charge >= 0.3 is 0 Å². The third-order valence-electron chi connectivity index (χ3n) is 3.30. The Morgan fingerprint density at radius 2 is 1.91 bits per heavy atom. The van der Waals surface area contributed by atoms with Crippen molar-refractivity contribution in [1.29, 1.82) is 0 Å². The van der Waals surface area contributed by atoms with E-state index < -0.39 is 16.1 Å². The van der Waals surface area contributed by atoms with Crippen LogP contribution in [0.15, 0.2) is 53.4 Å². The van der Waals surface area contributed by atoms with Gasteiger partial charge in [-0.05, 0) is 30.2 Å². The summed E-state index contributed by atoms with van der Waals surface area (Å²) in [5, 5.41) is 9.67. The average Bonchev–Trinajstić information content (AvgIpc) is 2.55. The lowest BCUT2D eigenvalue weighted by Crippen LogP contribution is -2.39. The van der Waals surface area contributed by atoms with E-state index in [1.54, 1.807) is 0 Å². The molecule has 2 aromatic rings. The first kappa shape index (κ1) is 17.7. The van der Waals surface area contributed by atoms with Gasteiger partial charge in [0.2, 0.25) is 10.0 Å². The normalized spacial score (nSPS) is 12.8. The van der Waals surface area contributed by atoms with Crippen LogP contribution in [0, 0.1) is 0 Å². The monoisotopic (exact) mass is 355 g/mol. The number of aliphatic hydroxyl groups excluding tert-OH is 1. The van der Waals surface area contributed by atoms with Gasteiger partial charge in [-0.3, -0.25) is 0 Å². The van der Waals surface area contributed by atoms with Crippen LogP contribution in [0.1, 0.15) is 5.56 Å². The van der Waals surface area contributed by atoms with Crippen molar-refractivity contribution in [2.45, 2.75) is 17.4 Å². The molecule has 0 bridgehead atoms. The molecule has 124 valence electrons. The van der Waals surface area contributed by atoms with Crippen molar-refractivity contribution in [1.82, 2.24) is 4.72 Å². The maximum atomic E-state index is 12.4. The molecule has 0 aliphatic heterocycles. The lowest BCUT2D eigenvalue weighted by atomic mass is 10.1. The van der Waals surface area contributed by atoms with Crippen LogP contribution in [0.25, 0.3) is 0 Å². The molecule has 5 nitrogen and oxygen atoms in total. The fourth-order valence-electron chi connectivity index (χ4n) is 2.14. The second-order valence-corrected chi connectivity index (χ2v) is 7.11. The number of sulfonamides is 1. The van der Waals surface area contributed by atoms with E-state index in [1.165, 1.54) is 25.3 Å². The largest absolute Gasteiger partial charge is 0.495 e. The summed E-state index contributed by atoms with van der Waals surface area (Å²) >= 11 is 5.97. The minimum Gasteiger partial charge on any atom is -0.495 e. The average molecular weight is 356 g/mol. The lowest BCUT2D eigenvalue weighted by molar-refractivity contribution is 0.256. The molecule has 0 amide bonds. The molecule has 0 aliphatic rings. The molecule has 23 heavy (non-hydrogen) atoms. The van der Waals surface area contributed by atoms with Crippen LogP contribution in [0.3, 0.4) is 0 Å². The Morgan fingerprint density at radius 3 is 2.48 bits per heavy atom. The topological polar surface area (TPSA) is 75.6 Å². The zero-order valence-electron chi connectivity index (χ0n) is 12.6. The van der Waals surface area contributed by atoms with Gasteiger partial charge in [0.05, 0.1) is 23.6 Å². The van der Waals surface area contributed by atoms with Crippen LogP contribution >= 0.6 is 11.6 Å². The molecule has 0 heterocycles. The van der Waals surface area contributed by atoms with Crippen LogP contribution in [0.4, 0.5) is 0 Å². The number of methoxy groups -OCH3 is 1. The number of nitrogens with one attached hydrogen (secondary N) is 1. The smallest absolute Gasteiger partial charge is 0.240 e. The number of benzene rings is 2. The minimum absolute atomic E-state index is 0.0230. The highest BCUT2D eigenvalue weighted by molar-refractivity contribution is 7.89. The minimum atomic E-state index is -3.79. The Kier molecular flexibility index (Phi) is 6.01. The van der Waals surface area contributed by atoms with E-state index in [0.717, 1.165) is 5.56 Å². The summed E-state index contributed by atoms with van der Waals surface area (Å²) in [6.07, 6.45) is 0.389.